The minimum atomic E-state index is -4.23. The highest BCUT2D eigenvalue weighted by molar-refractivity contribution is 8.00. The molecule has 0 spiro atoms. The lowest BCUT2D eigenvalue weighted by Crippen LogP contribution is -2.39. The van der Waals surface area contributed by atoms with Gasteiger partial charge in [0.25, 0.3) is 0 Å². The second-order valence-corrected chi connectivity index (χ2v) is 11.5. The second kappa shape index (κ2) is 13.4. The number of nitrogens with one attached hydrogen (secondary N) is 1. The van der Waals surface area contributed by atoms with Gasteiger partial charge in [-0.1, -0.05) is 18.2 Å². The highest BCUT2D eigenvalue weighted by Crippen LogP contribution is 2.46. The van der Waals surface area contributed by atoms with Crippen LogP contribution in [0.2, 0.25) is 0 Å². The molecule has 1 aromatic carbocycles. The van der Waals surface area contributed by atoms with Gasteiger partial charge in [-0.25, -0.2) is 18.5 Å². The number of para-hydroxylation sites is 1. The standard InChI is InChI=1S/C23H30FN4O9PS/c1-13(2)34-22(30)15(4)35-21(29)14(3)27-38(32,37-16-8-6-5-7-9-16)33-11-19-36-18(12-39-19)28-10-17(24)20(25)26-23(28)31/h5-10,13-15,18-19H,11-12H2,1-4H3,(H,27,32)(H2,25,26,31)/t14-,15-,18-,19+,38-/m0/s1. The molecule has 1 aliphatic heterocycles. The Morgan fingerprint density at radius 3 is 2.59 bits per heavy atom. The van der Waals surface area contributed by atoms with E-state index in [0.717, 1.165) is 10.8 Å². The van der Waals surface area contributed by atoms with Crippen molar-refractivity contribution < 1.29 is 41.8 Å². The van der Waals surface area contributed by atoms with Gasteiger partial charge in [-0.3, -0.25) is 13.9 Å². The summed E-state index contributed by atoms with van der Waals surface area (Å²) < 4.78 is 55.5. The van der Waals surface area contributed by atoms with E-state index in [1.807, 2.05) is 0 Å². The first-order valence-electron chi connectivity index (χ1n) is 11.9. The van der Waals surface area contributed by atoms with Crippen molar-refractivity contribution in [2.24, 2.45) is 0 Å². The maximum Gasteiger partial charge on any atom is 0.459 e. The molecule has 39 heavy (non-hydrogen) atoms. The minimum Gasteiger partial charge on any atom is -0.460 e. The van der Waals surface area contributed by atoms with E-state index in [0.29, 0.717) is 0 Å². The largest absolute Gasteiger partial charge is 0.460 e. The lowest BCUT2D eigenvalue weighted by molar-refractivity contribution is -0.169. The molecule has 16 heteroatoms. The summed E-state index contributed by atoms with van der Waals surface area (Å²) >= 11 is 1.22. The molecule has 2 aromatic rings. The summed E-state index contributed by atoms with van der Waals surface area (Å²) in [6.07, 6.45) is -1.57. The van der Waals surface area contributed by atoms with Crippen LogP contribution in [0.3, 0.4) is 0 Å². The van der Waals surface area contributed by atoms with Crippen LogP contribution in [-0.2, 0) is 32.9 Å². The Kier molecular flexibility index (Phi) is 10.5. The molecule has 1 saturated heterocycles. The lowest BCUT2D eigenvalue weighted by atomic mass is 10.3. The maximum absolute atomic E-state index is 13.8. The molecule has 1 aliphatic rings. The first-order valence-corrected chi connectivity index (χ1v) is 14.4. The van der Waals surface area contributed by atoms with E-state index in [1.165, 1.54) is 37.7 Å². The molecule has 3 N–H and O–H groups in total. The molecule has 0 bridgehead atoms. The summed E-state index contributed by atoms with van der Waals surface area (Å²) in [5, 5.41) is 2.51. The fourth-order valence-corrected chi connectivity index (χ4v) is 5.73. The molecule has 214 valence electrons. The maximum atomic E-state index is 13.8. The fraction of sp³-hybridized carbons (Fsp3) is 0.478. The quantitative estimate of drug-likeness (QED) is 0.274. The summed E-state index contributed by atoms with van der Waals surface area (Å²) in [5.41, 5.74) is 3.80. The molecule has 1 aromatic heterocycles. The predicted molar refractivity (Wildman–Crippen MR) is 139 cm³/mol. The van der Waals surface area contributed by atoms with Crippen molar-refractivity contribution in [2.75, 3.05) is 18.1 Å². The average Bonchev–Trinajstić information content (AvgIpc) is 3.34. The molecule has 0 amide bonds. The van der Waals surface area contributed by atoms with Gasteiger partial charge in [-0.2, -0.15) is 10.1 Å². The molecule has 0 saturated carbocycles. The van der Waals surface area contributed by atoms with Crippen LogP contribution in [0.4, 0.5) is 10.2 Å². The number of benzene rings is 1. The van der Waals surface area contributed by atoms with E-state index >= 15 is 0 Å². The second-order valence-electron chi connectivity index (χ2n) is 8.63. The van der Waals surface area contributed by atoms with Gasteiger partial charge >= 0.3 is 25.4 Å². The van der Waals surface area contributed by atoms with Crippen molar-refractivity contribution in [2.45, 2.75) is 57.6 Å². The fourth-order valence-electron chi connectivity index (χ4n) is 3.15. The van der Waals surface area contributed by atoms with Gasteiger partial charge in [0, 0.05) is 5.75 Å². The topological polar surface area (TPSA) is 170 Å². The highest BCUT2D eigenvalue weighted by atomic mass is 32.2. The van der Waals surface area contributed by atoms with Crippen LogP contribution >= 0.6 is 19.5 Å². The van der Waals surface area contributed by atoms with E-state index in [-0.39, 0.29) is 18.1 Å². The van der Waals surface area contributed by atoms with Crippen LogP contribution in [0.25, 0.3) is 0 Å². The number of halogens is 1. The van der Waals surface area contributed by atoms with Gasteiger partial charge in [-0.15, -0.1) is 11.8 Å². The third-order valence-electron chi connectivity index (χ3n) is 5.01. The van der Waals surface area contributed by atoms with Crippen LogP contribution in [0.15, 0.2) is 41.3 Å². The van der Waals surface area contributed by atoms with E-state index in [4.69, 9.17) is 29.0 Å². The summed E-state index contributed by atoms with van der Waals surface area (Å²) in [5.74, 6) is -2.59. The molecular formula is C23H30FN4O9PS. The van der Waals surface area contributed by atoms with E-state index in [9.17, 15) is 23.3 Å². The van der Waals surface area contributed by atoms with Crippen molar-refractivity contribution in [3.05, 3.63) is 52.8 Å². The van der Waals surface area contributed by atoms with Gasteiger partial charge in [-0.05, 0) is 39.8 Å². The van der Waals surface area contributed by atoms with E-state index < -0.39 is 66.9 Å². The Balaban J connectivity index is 1.66. The van der Waals surface area contributed by atoms with Crippen molar-refractivity contribution in [1.82, 2.24) is 14.6 Å². The Morgan fingerprint density at radius 1 is 1.23 bits per heavy atom. The smallest absolute Gasteiger partial charge is 0.459 e. The number of thioether (sulfide) groups is 1. The number of aromatic nitrogens is 2. The van der Waals surface area contributed by atoms with E-state index in [2.05, 4.69) is 10.1 Å². The molecular weight excluding hydrogens is 558 g/mol. The van der Waals surface area contributed by atoms with Crippen molar-refractivity contribution in [3.8, 4) is 5.75 Å². The van der Waals surface area contributed by atoms with Gasteiger partial charge < -0.3 is 24.5 Å². The number of carbonyl (C=O) groups excluding carboxylic acids is 2. The van der Waals surface area contributed by atoms with Crippen molar-refractivity contribution in [1.29, 1.82) is 0 Å². The minimum absolute atomic E-state index is 0.190. The molecule has 13 nitrogen and oxygen atoms in total. The summed E-state index contributed by atoms with van der Waals surface area (Å²) in [6, 6.07) is 6.88. The van der Waals surface area contributed by atoms with Gasteiger partial charge in [0.2, 0.25) is 0 Å². The van der Waals surface area contributed by atoms with Gasteiger partial charge in [0.15, 0.2) is 17.7 Å². The Morgan fingerprint density at radius 2 is 1.92 bits per heavy atom. The molecule has 0 unspecified atom stereocenters. The highest BCUT2D eigenvalue weighted by Gasteiger charge is 2.36. The Bertz CT molecular complexity index is 1270. The van der Waals surface area contributed by atoms with E-state index in [1.54, 1.807) is 32.0 Å². The zero-order chi connectivity index (χ0) is 28.7. The van der Waals surface area contributed by atoms with Crippen LogP contribution in [0.5, 0.6) is 5.75 Å². The number of carbonyl (C=O) groups is 2. The zero-order valence-corrected chi connectivity index (χ0v) is 23.4. The predicted octanol–water partition coefficient (Wildman–Crippen LogP) is 2.62. The SMILES string of the molecule is CC(C)OC(=O)[C@H](C)OC(=O)[C@H](C)N[P@](=O)(OC[C@@H]1O[C@H](n2cc(F)c(N)nc2=O)CS1)Oc1ccccc1. The number of hydrogen-bond donors (Lipinski definition) is 2. The third-order valence-corrected chi connectivity index (χ3v) is 7.75. The van der Waals surface area contributed by atoms with Gasteiger partial charge in [0.1, 0.15) is 23.5 Å². The molecule has 0 aliphatic carbocycles. The number of nitrogens with two attached hydrogens (primary N) is 1. The number of nitrogen functional groups attached to an aromatic ring is 1. The Hall–Kier alpha value is -2.97. The van der Waals surface area contributed by atoms with Crippen LogP contribution in [-0.4, -0.2) is 57.5 Å². The molecule has 1 fully saturated rings. The number of rotatable bonds is 12. The number of nitrogens with zero attached hydrogens (tertiary/aromatic N) is 2. The summed E-state index contributed by atoms with van der Waals surface area (Å²) in [6.45, 7) is 5.73. The average molecular weight is 589 g/mol. The number of esters is 2. The number of ether oxygens (including phenoxy) is 3. The molecule has 5 atom stereocenters. The van der Waals surface area contributed by atoms with Crippen molar-refractivity contribution >= 4 is 37.3 Å². The van der Waals surface area contributed by atoms with Crippen molar-refractivity contribution in [3.63, 3.8) is 0 Å². The molecule has 0 radical (unpaired) electrons. The third kappa shape index (κ3) is 8.77. The van der Waals surface area contributed by atoms with Gasteiger partial charge in [0.05, 0.1) is 18.9 Å². The number of hydrogen-bond acceptors (Lipinski definition) is 12. The zero-order valence-electron chi connectivity index (χ0n) is 21.6. The normalized spacial score (nSPS) is 20.2. The lowest BCUT2D eigenvalue weighted by Gasteiger charge is -2.24. The summed E-state index contributed by atoms with van der Waals surface area (Å²) in [4.78, 5) is 40.1. The van der Waals surface area contributed by atoms with Crippen LogP contribution in [0, 0.1) is 5.82 Å². The first kappa shape index (κ1) is 30.6. The number of anilines is 1. The molecule has 3 rings (SSSR count). The van der Waals surface area contributed by atoms with Crippen LogP contribution < -0.4 is 21.0 Å². The first-order chi connectivity index (χ1) is 18.4. The monoisotopic (exact) mass is 588 g/mol. The van der Waals surface area contributed by atoms with Crippen LogP contribution in [0.1, 0.15) is 33.9 Å². The Labute approximate surface area is 228 Å². The summed E-state index contributed by atoms with van der Waals surface area (Å²) in [7, 11) is -4.23. The molecule has 2 heterocycles.